The van der Waals surface area contributed by atoms with E-state index in [1.807, 2.05) is 0 Å². The normalized spacial score (nSPS) is 10.8. The lowest BCUT2D eigenvalue weighted by Crippen LogP contribution is -2.14. The second kappa shape index (κ2) is 7.17. The first-order valence-corrected chi connectivity index (χ1v) is 7.61. The Morgan fingerprint density at radius 1 is 1.29 bits per heavy atom. The van der Waals surface area contributed by atoms with E-state index < -0.39 is 17.5 Å². The van der Waals surface area contributed by atoms with Gasteiger partial charge in [0.05, 0.1) is 5.75 Å². The third kappa shape index (κ3) is 4.13. The first-order valence-electron chi connectivity index (χ1n) is 6.62. The molecule has 11 heteroatoms. The van der Waals surface area contributed by atoms with E-state index in [1.54, 1.807) is 0 Å². The summed E-state index contributed by atoms with van der Waals surface area (Å²) in [6.45, 7) is 0.272. The van der Waals surface area contributed by atoms with Gasteiger partial charge in [0.25, 0.3) is 5.22 Å². The lowest BCUT2D eigenvalue weighted by atomic mass is 10.3. The summed E-state index contributed by atoms with van der Waals surface area (Å²) in [4.78, 5) is 15.6. The predicted octanol–water partition coefficient (Wildman–Crippen LogP) is 1.72. The molecule has 0 radical (unpaired) electrons. The van der Waals surface area contributed by atoms with Crippen LogP contribution in [0.4, 0.5) is 14.5 Å². The monoisotopic (exact) mass is 352 g/mol. The molecule has 0 saturated carbocycles. The molecule has 24 heavy (non-hydrogen) atoms. The lowest BCUT2D eigenvalue weighted by molar-refractivity contribution is -0.113. The third-order valence-corrected chi connectivity index (χ3v) is 3.56. The van der Waals surface area contributed by atoms with E-state index in [0.717, 1.165) is 23.9 Å². The fourth-order valence-corrected chi connectivity index (χ4v) is 2.29. The number of benzene rings is 1. The number of rotatable bonds is 6. The summed E-state index contributed by atoms with van der Waals surface area (Å²) in [6.07, 6.45) is 2.89. The van der Waals surface area contributed by atoms with Crippen molar-refractivity contribution in [1.29, 1.82) is 0 Å². The second-order valence-corrected chi connectivity index (χ2v) is 5.45. The fraction of sp³-hybridized carbons (Fsp3) is 0.154. The van der Waals surface area contributed by atoms with Crippen molar-refractivity contribution >= 4 is 23.4 Å². The van der Waals surface area contributed by atoms with E-state index >= 15 is 0 Å². The molecule has 2 aromatic heterocycles. The quantitative estimate of drug-likeness (QED) is 0.674. The number of aromatic nitrogens is 5. The molecule has 0 bridgehead atoms. The number of halogens is 2. The van der Waals surface area contributed by atoms with Crippen molar-refractivity contribution < 1.29 is 18.0 Å². The molecule has 0 aliphatic heterocycles. The molecule has 2 heterocycles. The van der Waals surface area contributed by atoms with Crippen molar-refractivity contribution in [2.24, 2.45) is 0 Å². The van der Waals surface area contributed by atoms with Crippen LogP contribution in [-0.4, -0.2) is 36.6 Å². The highest BCUT2D eigenvalue weighted by Crippen LogP contribution is 2.18. The van der Waals surface area contributed by atoms with E-state index in [1.165, 1.54) is 23.4 Å². The summed E-state index contributed by atoms with van der Waals surface area (Å²) in [5.74, 6) is -2.13. The van der Waals surface area contributed by atoms with Crippen LogP contribution in [0.5, 0.6) is 0 Å². The third-order valence-electron chi connectivity index (χ3n) is 2.74. The van der Waals surface area contributed by atoms with Gasteiger partial charge in [0.1, 0.15) is 19.2 Å². The standard InChI is InChI=1S/C13H10F2N6O2S/c14-9-2-1-8(3-10(9)15)18-11(22)5-24-13-20-19-12(23-13)4-21-7-16-6-17-21/h1-3,6-7H,4-5H2,(H,18,22). The molecule has 3 rings (SSSR count). The molecule has 0 aliphatic rings. The van der Waals surface area contributed by atoms with Gasteiger partial charge in [-0.1, -0.05) is 11.8 Å². The van der Waals surface area contributed by atoms with E-state index in [9.17, 15) is 13.6 Å². The summed E-state index contributed by atoms with van der Waals surface area (Å²) >= 11 is 1.02. The van der Waals surface area contributed by atoms with Gasteiger partial charge in [-0.25, -0.2) is 18.4 Å². The maximum atomic E-state index is 13.1. The van der Waals surface area contributed by atoms with Crippen molar-refractivity contribution in [2.75, 3.05) is 11.1 Å². The second-order valence-electron chi connectivity index (χ2n) is 4.52. The Labute approximate surface area is 138 Å². The number of hydrogen-bond acceptors (Lipinski definition) is 7. The van der Waals surface area contributed by atoms with Crippen LogP contribution < -0.4 is 5.32 Å². The molecular weight excluding hydrogens is 342 g/mol. The molecule has 0 spiro atoms. The Morgan fingerprint density at radius 2 is 2.17 bits per heavy atom. The summed E-state index contributed by atoms with van der Waals surface area (Å²) in [7, 11) is 0. The van der Waals surface area contributed by atoms with Gasteiger partial charge >= 0.3 is 0 Å². The minimum absolute atomic E-state index is 0.0239. The van der Waals surface area contributed by atoms with Crippen molar-refractivity contribution in [1.82, 2.24) is 25.0 Å². The summed E-state index contributed by atoms with van der Waals surface area (Å²) in [6, 6.07) is 3.11. The lowest BCUT2D eigenvalue weighted by Gasteiger charge is -2.04. The first-order chi connectivity index (χ1) is 11.6. The number of hydrogen-bond donors (Lipinski definition) is 1. The Balaban J connectivity index is 1.51. The Bertz CT molecular complexity index is 839. The highest BCUT2D eigenvalue weighted by molar-refractivity contribution is 7.99. The van der Waals surface area contributed by atoms with Gasteiger partial charge in [-0.2, -0.15) is 5.10 Å². The molecule has 1 aromatic carbocycles. The molecule has 124 valence electrons. The van der Waals surface area contributed by atoms with Crippen LogP contribution in [0.25, 0.3) is 0 Å². The number of nitrogens with zero attached hydrogens (tertiary/aromatic N) is 5. The van der Waals surface area contributed by atoms with E-state index in [2.05, 4.69) is 25.6 Å². The Hall–Kier alpha value is -2.82. The minimum atomic E-state index is -1.03. The van der Waals surface area contributed by atoms with Gasteiger partial charge in [0, 0.05) is 11.8 Å². The fourth-order valence-electron chi connectivity index (χ4n) is 1.71. The maximum Gasteiger partial charge on any atom is 0.277 e. The number of thioether (sulfide) groups is 1. The molecule has 0 atom stereocenters. The van der Waals surface area contributed by atoms with Crippen molar-refractivity contribution in [3.05, 3.63) is 48.4 Å². The number of amides is 1. The summed E-state index contributed by atoms with van der Waals surface area (Å²) < 4.78 is 32.7. The van der Waals surface area contributed by atoms with Crippen molar-refractivity contribution in [3.63, 3.8) is 0 Å². The molecule has 0 unspecified atom stereocenters. The Morgan fingerprint density at radius 3 is 2.92 bits per heavy atom. The molecule has 0 aliphatic carbocycles. The molecule has 1 N–H and O–H groups in total. The maximum absolute atomic E-state index is 13.1. The highest BCUT2D eigenvalue weighted by Gasteiger charge is 2.11. The van der Waals surface area contributed by atoms with Gasteiger partial charge in [-0.15, -0.1) is 10.2 Å². The zero-order chi connectivity index (χ0) is 16.9. The SMILES string of the molecule is O=C(CSc1nnc(Cn2cncn2)o1)Nc1ccc(F)c(F)c1. The van der Waals surface area contributed by atoms with Crippen LogP contribution in [-0.2, 0) is 11.3 Å². The molecule has 0 saturated heterocycles. The van der Waals surface area contributed by atoms with Crippen LogP contribution in [0.1, 0.15) is 5.89 Å². The van der Waals surface area contributed by atoms with Gasteiger partial charge < -0.3 is 9.73 Å². The zero-order valence-corrected chi connectivity index (χ0v) is 12.8. The number of carbonyl (C=O) groups is 1. The molecule has 8 nitrogen and oxygen atoms in total. The first kappa shape index (κ1) is 16.1. The minimum Gasteiger partial charge on any atom is -0.414 e. The van der Waals surface area contributed by atoms with Gasteiger partial charge in [0.15, 0.2) is 11.6 Å². The van der Waals surface area contributed by atoms with Gasteiger partial charge in [-0.3, -0.25) is 4.79 Å². The Kier molecular flexibility index (Phi) is 4.79. The summed E-state index contributed by atoms with van der Waals surface area (Å²) in [5, 5.41) is 14.2. The number of nitrogens with one attached hydrogen (secondary N) is 1. The topological polar surface area (TPSA) is 98.7 Å². The van der Waals surface area contributed by atoms with Crippen LogP contribution in [0.15, 0.2) is 40.5 Å². The zero-order valence-electron chi connectivity index (χ0n) is 12.0. The van der Waals surface area contributed by atoms with Crippen molar-refractivity contribution in [2.45, 2.75) is 11.8 Å². The molecule has 3 aromatic rings. The predicted molar refractivity (Wildman–Crippen MR) is 79.1 cm³/mol. The molecule has 0 fully saturated rings. The van der Waals surface area contributed by atoms with E-state index in [-0.39, 0.29) is 23.2 Å². The van der Waals surface area contributed by atoms with Crippen LogP contribution >= 0.6 is 11.8 Å². The van der Waals surface area contributed by atoms with Crippen LogP contribution in [0.2, 0.25) is 0 Å². The smallest absolute Gasteiger partial charge is 0.277 e. The van der Waals surface area contributed by atoms with Crippen molar-refractivity contribution in [3.8, 4) is 0 Å². The van der Waals surface area contributed by atoms with E-state index in [0.29, 0.717) is 5.89 Å². The van der Waals surface area contributed by atoms with Crippen LogP contribution in [0.3, 0.4) is 0 Å². The average Bonchev–Trinajstić information content (AvgIpc) is 3.21. The molecule has 1 amide bonds. The largest absolute Gasteiger partial charge is 0.414 e. The number of anilines is 1. The highest BCUT2D eigenvalue weighted by atomic mass is 32.2. The van der Waals surface area contributed by atoms with Crippen LogP contribution in [0, 0.1) is 11.6 Å². The number of carbonyl (C=O) groups excluding carboxylic acids is 1. The summed E-state index contributed by atoms with van der Waals surface area (Å²) in [5.41, 5.74) is 0.164. The van der Waals surface area contributed by atoms with Gasteiger partial charge in [-0.05, 0) is 12.1 Å². The van der Waals surface area contributed by atoms with Gasteiger partial charge in [0.2, 0.25) is 11.8 Å². The van der Waals surface area contributed by atoms with E-state index in [4.69, 9.17) is 4.42 Å². The average molecular weight is 352 g/mol. The molecular formula is C13H10F2N6O2S.